The highest BCUT2D eigenvalue weighted by atomic mass is 19.1. The molecule has 20 heavy (non-hydrogen) atoms. The fourth-order valence-corrected chi connectivity index (χ4v) is 2.19. The largest absolute Gasteiger partial charge is 0.484 e. The maximum absolute atomic E-state index is 13.2. The molecule has 0 bridgehead atoms. The number of rotatable bonds is 2. The van der Waals surface area contributed by atoms with Gasteiger partial charge in [0.15, 0.2) is 5.78 Å². The van der Waals surface area contributed by atoms with Gasteiger partial charge in [-0.15, -0.1) is 0 Å². The van der Waals surface area contributed by atoms with Crippen LogP contribution in [-0.4, -0.2) is 17.9 Å². The number of fused-ring (bicyclic) bond motifs is 1. The quantitative estimate of drug-likeness (QED) is 0.844. The highest BCUT2D eigenvalue weighted by Gasteiger charge is 2.28. The number of pyridine rings is 1. The van der Waals surface area contributed by atoms with Crippen LogP contribution in [0.25, 0.3) is 0 Å². The van der Waals surface area contributed by atoms with Gasteiger partial charge >= 0.3 is 0 Å². The molecule has 1 aliphatic rings. The lowest BCUT2D eigenvalue weighted by Gasteiger charge is -2.25. The number of Topliss-reactive ketones (excluding diaryl/α,β-unsaturated/α-hetero) is 1. The molecule has 1 atom stereocenters. The van der Waals surface area contributed by atoms with E-state index in [1.807, 2.05) is 0 Å². The summed E-state index contributed by atoms with van der Waals surface area (Å²) in [4.78, 5) is 16.1. The zero-order valence-electron chi connectivity index (χ0n) is 10.8. The van der Waals surface area contributed by atoms with Crippen LogP contribution in [-0.2, 0) is 0 Å². The molecular weight excluding hydrogens is 261 g/mol. The van der Waals surface area contributed by atoms with Gasteiger partial charge in [0.1, 0.15) is 17.7 Å². The minimum atomic E-state index is -0.449. The van der Waals surface area contributed by atoms with Gasteiger partial charge in [-0.1, -0.05) is 0 Å². The monoisotopic (exact) mass is 273 g/mol. The van der Waals surface area contributed by atoms with E-state index < -0.39 is 11.9 Å². The molecule has 4 nitrogen and oxygen atoms in total. The Labute approximate surface area is 115 Å². The first-order valence-electron chi connectivity index (χ1n) is 6.16. The van der Waals surface area contributed by atoms with Crippen LogP contribution < -0.4 is 9.47 Å². The van der Waals surface area contributed by atoms with Crippen molar-refractivity contribution in [3.8, 4) is 11.6 Å². The third-order valence-corrected chi connectivity index (χ3v) is 3.22. The summed E-state index contributed by atoms with van der Waals surface area (Å²) < 4.78 is 23.9. The van der Waals surface area contributed by atoms with Crippen LogP contribution in [0, 0.1) is 5.82 Å². The van der Waals surface area contributed by atoms with E-state index in [1.54, 1.807) is 18.3 Å². The number of carbonyl (C=O) groups excluding carboxylic acids is 1. The van der Waals surface area contributed by atoms with E-state index in [9.17, 15) is 9.18 Å². The Hall–Kier alpha value is -2.43. The summed E-state index contributed by atoms with van der Waals surface area (Å²) in [6.45, 7) is 0. The summed E-state index contributed by atoms with van der Waals surface area (Å²) in [6.07, 6.45) is 1.36. The molecule has 0 radical (unpaired) electrons. The Balaban J connectivity index is 1.91. The Bertz CT molecular complexity index is 655. The van der Waals surface area contributed by atoms with Crippen molar-refractivity contribution in [3.63, 3.8) is 0 Å². The van der Waals surface area contributed by atoms with Crippen molar-refractivity contribution in [2.75, 3.05) is 7.11 Å². The zero-order valence-corrected chi connectivity index (χ0v) is 10.8. The molecule has 1 aliphatic heterocycles. The molecule has 102 valence electrons. The second-order valence-electron chi connectivity index (χ2n) is 4.51. The maximum Gasteiger partial charge on any atom is 0.212 e. The Morgan fingerprint density at radius 2 is 2.20 bits per heavy atom. The van der Waals surface area contributed by atoms with Crippen LogP contribution in [0.15, 0.2) is 36.5 Å². The first kappa shape index (κ1) is 12.6. The van der Waals surface area contributed by atoms with E-state index in [4.69, 9.17) is 9.47 Å². The summed E-state index contributed by atoms with van der Waals surface area (Å²) in [5, 5.41) is 0. The van der Waals surface area contributed by atoms with Gasteiger partial charge in [0, 0.05) is 23.9 Å². The third kappa shape index (κ3) is 2.22. The van der Waals surface area contributed by atoms with Crippen molar-refractivity contribution in [3.05, 3.63) is 53.5 Å². The number of aromatic nitrogens is 1. The van der Waals surface area contributed by atoms with Crippen molar-refractivity contribution in [1.29, 1.82) is 0 Å². The average molecular weight is 273 g/mol. The van der Waals surface area contributed by atoms with Gasteiger partial charge in [0.25, 0.3) is 0 Å². The Morgan fingerprint density at radius 1 is 1.35 bits per heavy atom. The first-order chi connectivity index (χ1) is 9.67. The predicted molar refractivity (Wildman–Crippen MR) is 69.5 cm³/mol. The standard InChI is InChI=1S/C15H12FNO3/c1-19-15-5-2-9(8-17-15)13-7-12(18)11-4-3-10(16)6-14(11)20-13/h2-6,8,13H,7H2,1H3. The SMILES string of the molecule is COc1ccc(C2CC(=O)c3ccc(F)cc3O2)cn1. The predicted octanol–water partition coefficient (Wildman–Crippen LogP) is 2.94. The summed E-state index contributed by atoms with van der Waals surface area (Å²) in [5.74, 6) is 0.279. The number of hydrogen-bond acceptors (Lipinski definition) is 4. The lowest BCUT2D eigenvalue weighted by Crippen LogP contribution is -2.20. The zero-order chi connectivity index (χ0) is 14.1. The Kier molecular flexibility index (Phi) is 3.10. The first-order valence-corrected chi connectivity index (χ1v) is 6.16. The molecule has 0 saturated carbocycles. The number of benzene rings is 1. The summed E-state index contributed by atoms with van der Waals surface area (Å²) in [5.41, 5.74) is 1.18. The normalized spacial score (nSPS) is 17.3. The number of methoxy groups -OCH3 is 1. The molecule has 1 aromatic heterocycles. The van der Waals surface area contributed by atoms with E-state index in [-0.39, 0.29) is 18.0 Å². The summed E-state index contributed by atoms with van der Waals surface area (Å²) >= 11 is 0. The van der Waals surface area contributed by atoms with Gasteiger partial charge in [-0.25, -0.2) is 9.37 Å². The molecule has 3 rings (SSSR count). The van der Waals surface area contributed by atoms with Gasteiger partial charge < -0.3 is 9.47 Å². The molecule has 1 unspecified atom stereocenters. The fraction of sp³-hybridized carbons (Fsp3) is 0.200. The number of halogens is 1. The van der Waals surface area contributed by atoms with Gasteiger partial charge in [-0.05, 0) is 18.2 Å². The van der Waals surface area contributed by atoms with Crippen LogP contribution in [0.1, 0.15) is 28.4 Å². The molecule has 0 spiro atoms. The van der Waals surface area contributed by atoms with Crippen LogP contribution in [0.3, 0.4) is 0 Å². The van der Waals surface area contributed by atoms with Crippen molar-refractivity contribution in [1.82, 2.24) is 4.98 Å². The molecule has 2 heterocycles. The second kappa shape index (κ2) is 4.92. The fourth-order valence-electron chi connectivity index (χ4n) is 2.19. The number of hydrogen-bond donors (Lipinski definition) is 0. The van der Waals surface area contributed by atoms with Gasteiger partial charge in [-0.2, -0.15) is 0 Å². The van der Waals surface area contributed by atoms with Crippen LogP contribution >= 0.6 is 0 Å². The molecule has 0 amide bonds. The topological polar surface area (TPSA) is 48.4 Å². The smallest absolute Gasteiger partial charge is 0.212 e. The minimum absolute atomic E-state index is 0.0629. The molecule has 5 heteroatoms. The van der Waals surface area contributed by atoms with Gasteiger partial charge in [-0.3, -0.25) is 4.79 Å². The van der Waals surface area contributed by atoms with E-state index in [2.05, 4.69) is 4.98 Å². The highest BCUT2D eigenvalue weighted by Crippen LogP contribution is 2.35. The van der Waals surface area contributed by atoms with E-state index >= 15 is 0 Å². The van der Waals surface area contributed by atoms with Crippen molar-refractivity contribution >= 4 is 5.78 Å². The number of nitrogens with zero attached hydrogens (tertiary/aromatic N) is 1. The van der Waals surface area contributed by atoms with Crippen molar-refractivity contribution in [2.24, 2.45) is 0 Å². The molecule has 0 N–H and O–H groups in total. The average Bonchev–Trinajstić information content (AvgIpc) is 2.46. The number of carbonyl (C=O) groups is 1. The van der Waals surface area contributed by atoms with Crippen LogP contribution in [0.4, 0.5) is 4.39 Å². The van der Waals surface area contributed by atoms with Crippen LogP contribution in [0.5, 0.6) is 11.6 Å². The highest BCUT2D eigenvalue weighted by molar-refractivity contribution is 5.99. The molecule has 1 aromatic carbocycles. The molecular formula is C15H12FNO3. The van der Waals surface area contributed by atoms with E-state index in [1.165, 1.54) is 25.3 Å². The maximum atomic E-state index is 13.2. The summed E-state index contributed by atoms with van der Waals surface area (Å²) in [6, 6.07) is 7.43. The molecule has 0 saturated heterocycles. The van der Waals surface area contributed by atoms with E-state index in [0.29, 0.717) is 11.4 Å². The third-order valence-electron chi connectivity index (χ3n) is 3.22. The van der Waals surface area contributed by atoms with Gasteiger partial charge in [0.05, 0.1) is 19.1 Å². The minimum Gasteiger partial charge on any atom is -0.484 e. The summed E-state index contributed by atoms with van der Waals surface area (Å²) in [7, 11) is 1.53. The second-order valence-corrected chi connectivity index (χ2v) is 4.51. The lowest BCUT2D eigenvalue weighted by molar-refractivity contribution is 0.0849. The van der Waals surface area contributed by atoms with E-state index in [0.717, 1.165) is 5.56 Å². The van der Waals surface area contributed by atoms with Gasteiger partial charge in [0.2, 0.25) is 5.88 Å². The molecule has 0 fully saturated rings. The molecule has 2 aromatic rings. The lowest BCUT2D eigenvalue weighted by atomic mass is 9.97. The molecule has 0 aliphatic carbocycles. The Morgan fingerprint density at radius 3 is 2.90 bits per heavy atom. The van der Waals surface area contributed by atoms with Crippen molar-refractivity contribution < 1.29 is 18.7 Å². The van der Waals surface area contributed by atoms with Crippen LogP contribution in [0.2, 0.25) is 0 Å². The van der Waals surface area contributed by atoms with Crippen molar-refractivity contribution in [2.45, 2.75) is 12.5 Å². The number of ether oxygens (including phenoxy) is 2. The number of ketones is 1.